The first-order chi connectivity index (χ1) is 13.1. The molecule has 28 heavy (non-hydrogen) atoms. The first kappa shape index (κ1) is 29.0. The summed E-state index contributed by atoms with van der Waals surface area (Å²) in [6.07, 6.45) is 11.2. The zero-order valence-corrected chi connectivity index (χ0v) is 18.0. The number of nitrogens with two attached hydrogens (primary N) is 1. The van der Waals surface area contributed by atoms with Gasteiger partial charge in [0.2, 0.25) is 11.8 Å². The molecule has 1 unspecified atom stereocenters. The SMILES string of the molecule is CC1(CN)CCCCCCCCCC(=O)N2CCC[C@H]2C(=O)N1.CO.CO.O.[HH].[HH]. The highest BCUT2D eigenvalue weighted by Crippen LogP contribution is 2.22. The fourth-order valence-corrected chi connectivity index (χ4v) is 3.75. The number of amides is 2. The van der Waals surface area contributed by atoms with Crippen LogP contribution in [0.3, 0.4) is 0 Å². The first-order valence-corrected chi connectivity index (χ1v) is 10.3. The van der Waals surface area contributed by atoms with E-state index >= 15 is 0 Å². The Hall–Kier alpha value is -1.22. The van der Waals surface area contributed by atoms with Crippen molar-refractivity contribution in [3.05, 3.63) is 0 Å². The number of hydrogen-bond donors (Lipinski definition) is 4. The Morgan fingerprint density at radius 2 is 1.57 bits per heavy atom. The van der Waals surface area contributed by atoms with Gasteiger partial charge in [0.1, 0.15) is 6.04 Å². The minimum Gasteiger partial charge on any atom is -0.412 e. The molecule has 0 aromatic carbocycles. The van der Waals surface area contributed by atoms with Crippen LogP contribution in [0.4, 0.5) is 0 Å². The molecule has 0 saturated carbocycles. The van der Waals surface area contributed by atoms with Gasteiger partial charge >= 0.3 is 0 Å². The summed E-state index contributed by atoms with van der Waals surface area (Å²) in [5.74, 6) is 0.130. The van der Waals surface area contributed by atoms with Crippen LogP contribution in [-0.4, -0.2) is 71.3 Å². The van der Waals surface area contributed by atoms with E-state index in [0.29, 0.717) is 13.0 Å². The number of nitrogens with zero attached hydrogens (tertiary/aromatic N) is 1. The fraction of sp³-hybridized carbons (Fsp3) is 0.900. The lowest BCUT2D eigenvalue weighted by Gasteiger charge is -2.33. The Labute approximate surface area is 173 Å². The molecule has 8 heteroatoms. The Morgan fingerprint density at radius 1 is 1.04 bits per heavy atom. The van der Waals surface area contributed by atoms with Gasteiger partial charge in [-0.1, -0.05) is 38.5 Å². The average molecular weight is 410 g/mol. The minimum absolute atomic E-state index is 0. The molecule has 2 atom stereocenters. The molecule has 2 rings (SSSR count). The molecule has 2 aliphatic heterocycles. The van der Waals surface area contributed by atoms with E-state index in [0.717, 1.165) is 59.3 Å². The maximum absolute atomic E-state index is 12.7. The number of hydrogen-bond acceptors (Lipinski definition) is 5. The van der Waals surface area contributed by atoms with E-state index in [-0.39, 0.29) is 31.7 Å². The Balaban J connectivity index is -0.000000455. The second kappa shape index (κ2) is 16.7. The van der Waals surface area contributed by atoms with Gasteiger partial charge in [0, 0.05) is 42.1 Å². The standard InChI is InChI=1S/C18H33N3O2.2CH4O.H2O.2H2/c1-18(14-19)12-8-6-4-2-3-5-7-11-16(22)21-13-9-10-15(21)17(23)20-18;2*1-2;;;/h15H,2-14,19H2,1H3,(H,20,23);2*2H,1H3;1H2;2*1H/t15-,18?;;;;;/m0...../s1. The number of aliphatic hydroxyl groups excluding tert-OH is 2. The van der Waals surface area contributed by atoms with Crippen molar-refractivity contribution in [2.45, 2.75) is 89.1 Å². The normalized spacial score (nSPS) is 26.6. The minimum atomic E-state index is -0.353. The van der Waals surface area contributed by atoms with E-state index in [1.165, 1.54) is 25.7 Å². The highest BCUT2D eigenvalue weighted by atomic mass is 16.2. The second-order valence-corrected chi connectivity index (χ2v) is 7.47. The van der Waals surface area contributed by atoms with Gasteiger partial charge in [0.25, 0.3) is 0 Å². The third-order valence-corrected chi connectivity index (χ3v) is 5.37. The molecule has 2 saturated heterocycles. The number of carbonyl (C=O) groups is 2. The first-order valence-electron chi connectivity index (χ1n) is 10.3. The predicted molar refractivity (Wildman–Crippen MR) is 116 cm³/mol. The predicted octanol–water partition coefficient (Wildman–Crippen LogP) is 1.22. The van der Waals surface area contributed by atoms with E-state index < -0.39 is 0 Å². The lowest BCUT2D eigenvalue weighted by molar-refractivity contribution is -0.139. The molecule has 0 radical (unpaired) electrons. The molecular weight excluding hydrogens is 362 g/mol. The maximum Gasteiger partial charge on any atom is 0.243 e. The van der Waals surface area contributed by atoms with E-state index in [2.05, 4.69) is 5.32 Å². The second-order valence-electron chi connectivity index (χ2n) is 7.47. The van der Waals surface area contributed by atoms with Crippen LogP contribution in [0.25, 0.3) is 0 Å². The molecule has 2 aliphatic rings. The summed E-state index contributed by atoms with van der Waals surface area (Å²) in [7, 11) is 2.00. The summed E-state index contributed by atoms with van der Waals surface area (Å²) < 4.78 is 0. The summed E-state index contributed by atoms with van der Waals surface area (Å²) in [6, 6.07) is -0.293. The number of carbonyl (C=O) groups excluding carboxylic acids is 2. The van der Waals surface area contributed by atoms with Crippen LogP contribution in [0, 0.1) is 0 Å². The van der Waals surface area contributed by atoms with Gasteiger partial charge in [0.05, 0.1) is 0 Å². The summed E-state index contributed by atoms with van der Waals surface area (Å²) >= 11 is 0. The van der Waals surface area contributed by atoms with Crippen molar-refractivity contribution in [2.75, 3.05) is 27.3 Å². The smallest absolute Gasteiger partial charge is 0.243 e. The van der Waals surface area contributed by atoms with Crippen LogP contribution >= 0.6 is 0 Å². The number of rotatable bonds is 1. The third kappa shape index (κ3) is 9.82. The molecule has 0 aliphatic carbocycles. The molecule has 0 bridgehead atoms. The maximum atomic E-state index is 12.7. The number of nitrogens with one attached hydrogen (secondary N) is 1. The summed E-state index contributed by atoms with van der Waals surface area (Å²) in [4.78, 5) is 26.9. The molecule has 2 fully saturated rings. The fourth-order valence-electron chi connectivity index (χ4n) is 3.75. The molecule has 0 spiro atoms. The van der Waals surface area contributed by atoms with Crippen molar-refractivity contribution in [2.24, 2.45) is 5.73 Å². The third-order valence-electron chi connectivity index (χ3n) is 5.37. The van der Waals surface area contributed by atoms with Gasteiger partial charge < -0.3 is 31.6 Å². The zero-order valence-electron chi connectivity index (χ0n) is 18.0. The highest BCUT2D eigenvalue weighted by molar-refractivity contribution is 5.88. The lowest BCUT2D eigenvalue weighted by atomic mass is 9.93. The molecule has 2 heterocycles. The summed E-state index contributed by atoms with van der Waals surface area (Å²) in [5, 5.41) is 17.1. The van der Waals surface area contributed by atoms with Crippen molar-refractivity contribution < 1.29 is 28.1 Å². The molecule has 0 aromatic heterocycles. The van der Waals surface area contributed by atoms with Crippen molar-refractivity contribution in [3.63, 3.8) is 0 Å². The molecule has 0 aromatic rings. The van der Waals surface area contributed by atoms with E-state index in [1.54, 1.807) is 4.90 Å². The quantitative estimate of drug-likeness (QED) is 0.514. The topological polar surface area (TPSA) is 147 Å². The molecule has 172 valence electrons. The molecular formula is C20H47N3O5. The van der Waals surface area contributed by atoms with Crippen molar-refractivity contribution >= 4 is 11.8 Å². The number of aliphatic hydroxyl groups is 2. The van der Waals surface area contributed by atoms with Crippen LogP contribution in [-0.2, 0) is 9.59 Å². The van der Waals surface area contributed by atoms with Gasteiger partial charge in [-0.2, -0.15) is 0 Å². The van der Waals surface area contributed by atoms with Crippen molar-refractivity contribution in [1.82, 2.24) is 10.2 Å². The van der Waals surface area contributed by atoms with Crippen LogP contribution in [0.1, 0.15) is 80.4 Å². The van der Waals surface area contributed by atoms with Gasteiger partial charge in [-0.05, 0) is 32.6 Å². The number of fused-ring (bicyclic) bond motifs is 1. The monoisotopic (exact) mass is 409 g/mol. The largest absolute Gasteiger partial charge is 0.412 e. The highest BCUT2D eigenvalue weighted by Gasteiger charge is 2.36. The molecule has 7 N–H and O–H groups in total. The van der Waals surface area contributed by atoms with Gasteiger partial charge in [-0.25, -0.2) is 0 Å². The molecule has 2 amide bonds. The van der Waals surface area contributed by atoms with Crippen LogP contribution < -0.4 is 11.1 Å². The van der Waals surface area contributed by atoms with Crippen molar-refractivity contribution in [3.8, 4) is 0 Å². The van der Waals surface area contributed by atoms with Gasteiger partial charge in [-0.3, -0.25) is 9.59 Å². The van der Waals surface area contributed by atoms with Crippen LogP contribution in [0.15, 0.2) is 0 Å². The van der Waals surface area contributed by atoms with Crippen molar-refractivity contribution in [1.29, 1.82) is 0 Å². The summed E-state index contributed by atoms with van der Waals surface area (Å²) in [5.41, 5.74) is 5.58. The van der Waals surface area contributed by atoms with E-state index in [9.17, 15) is 9.59 Å². The van der Waals surface area contributed by atoms with Gasteiger partial charge in [0.15, 0.2) is 0 Å². The zero-order chi connectivity index (χ0) is 20.7. The van der Waals surface area contributed by atoms with Crippen LogP contribution in [0.5, 0.6) is 0 Å². The Kier molecular flexibility index (Phi) is 17.3. The molecule has 8 nitrogen and oxygen atoms in total. The van der Waals surface area contributed by atoms with E-state index in [1.807, 2.05) is 6.92 Å². The summed E-state index contributed by atoms with van der Waals surface area (Å²) in [6.45, 7) is 3.19. The van der Waals surface area contributed by atoms with Gasteiger partial charge in [-0.15, -0.1) is 0 Å². The Bertz CT molecular complexity index is 433. The van der Waals surface area contributed by atoms with Crippen LogP contribution in [0.2, 0.25) is 0 Å². The Morgan fingerprint density at radius 3 is 2.14 bits per heavy atom. The lowest BCUT2D eigenvalue weighted by Crippen LogP contribution is -2.56. The average Bonchev–Trinajstić information content (AvgIpc) is 3.19. The van der Waals surface area contributed by atoms with E-state index in [4.69, 9.17) is 15.9 Å².